The Bertz CT molecular complexity index is 662. The molecule has 0 spiro atoms. The van der Waals surface area contributed by atoms with E-state index in [9.17, 15) is 13.2 Å². The fourth-order valence-corrected chi connectivity index (χ4v) is 2.33. The highest BCUT2D eigenvalue weighted by atomic mass is 32.2. The maximum atomic E-state index is 10.7. The van der Waals surface area contributed by atoms with Crippen molar-refractivity contribution in [1.82, 2.24) is 5.32 Å². The topological polar surface area (TPSA) is 72.2 Å². The Morgan fingerprint density at radius 1 is 1.32 bits per heavy atom. The molecule has 0 radical (unpaired) electrons. The van der Waals surface area contributed by atoms with Crippen LogP contribution in [0.3, 0.4) is 0 Å². The molecule has 1 heterocycles. The maximum absolute atomic E-state index is 10.7. The lowest BCUT2D eigenvalue weighted by atomic mass is 10.2. The lowest BCUT2D eigenvalue weighted by Crippen LogP contribution is -2.25. The summed E-state index contributed by atoms with van der Waals surface area (Å²) in [6.45, 7) is 2.11. The van der Waals surface area contributed by atoms with Crippen LogP contribution in [0.25, 0.3) is 0 Å². The highest BCUT2D eigenvalue weighted by Gasteiger charge is 2.37. The molecule has 0 bridgehead atoms. The van der Waals surface area contributed by atoms with Gasteiger partial charge in [-0.3, -0.25) is 0 Å². The molecule has 1 aliphatic heterocycles. The van der Waals surface area contributed by atoms with Gasteiger partial charge in [-0.25, -0.2) is 8.42 Å². The summed E-state index contributed by atoms with van der Waals surface area (Å²) >= 11 is 1.81. The SMILES string of the molecule is CSC1NC2=CC=C(C)C=CC2=[N+]1C.O=S(=O)([O-])C(F)(F)F. The van der Waals surface area contributed by atoms with E-state index in [1.807, 2.05) is 11.8 Å². The molecule has 5 nitrogen and oxygen atoms in total. The minimum Gasteiger partial charge on any atom is -0.741 e. The molecule has 0 amide bonds. The van der Waals surface area contributed by atoms with E-state index in [1.165, 1.54) is 17.0 Å². The van der Waals surface area contributed by atoms with Crippen molar-refractivity contribution in [2.45, 2.75) is 17.9 Å². The number of nitrogens with zero attached hydrogens (tertiary/aromatic N) is 1. The third kappa shape index (κ3) is 4.62. The Morgan fingerprint density at radius 3 is 2.32 bits per heavy atom. The molecular formula is C12H15F3N2O3S2. The highest BCUT2D eigenvalue weighted by molar-refractivity contribution is 7.99. The van der Waals surface area contributed by atoms with E-state index < -0.39 is 15.6 Å². The van der Waals surface area contributed by atoms with Crippen molar-refractivity contribution in [1.29, 1.82) is 0 Å². The minimum absolute atomic E-state index is 0.368. The molecule has 1 unspecified atom stereocenters. The van der Waals surface area contributed by atoms with Crippen molar-refractivity contribution in [3.8, 4) is 0 Å². The summed E-state index contributed by atoms with van der Waals surface area (Å²) in [5.41, 5.74) is -1.49. The summed E-state index contributed by atoms with van der Waals surface area (Å²) in [5.74, 6) is 0. The van der Waals surface area contributed by atoms with Gasteiger partial charge in [-0.1, -0.05) is 29.5 Å². The molecule has 0 aromatic rings. The van der Waals surface area contributed by atoms with Crippen LogP contribution in [0.1, 0.15) is 6.92 Å². The van der Waals surface area contributed by atoms with Crippen LogP contribution >= 0.6 is 11.8 Å². The quantitative estimate of drug-likeness (QED) is 0.440. The minimum atomic E-state index is -6.09. The molecule has 1 atom stereocenters. The van der Waals surface area contributed by atoms with Gasteiger partial charge in [0.1, 0.15) is 12.7 Å². The number of hydrogen-bond donors (Lipinski definition) is 1. The van der Waals surface area contributed by atoms with E-state index in [0.29, 0.717) is 5.50 Å². The number of alkyl halides is 3. The van der Waals surface area contributed by atoms with E-state index in [-0.39, 0.29) is 0 Å². The first-order valence-electron chi connectivity index (χ1n) is 5.95. The monoisotopic (exact) mass is 356 g/mol. The van der Waals surface area contributed by atoms with Gasteiger partial charge in [0.2, 0.25) is 5.71 Å². The van der Waals surface area contributed by atoms with Crippen molar-refractivity contribution in [3.63, 3.8) is 0 Å². The summed E-state index contributed by atoms with van der Waals surface area (Å²) in [4.78, 5) is 0. The molecule has 2 aliphatic rings. The summed E-state index contributed by atoms with van der Waals surface area (Å²) in [6, 6.07) is 0. The van der Waals surface area contributed by atoms with Crippen LogP contribution in [-0.2, 0) is 10.1 Å². The molecule has 0 aromatic carbocycles. The standard InChI is InChI=1S/C11H14N2S.CHF3O3S/c1-8-4-6-9-10(7-5-8)13(2)11(12-9)14-3;2-1(3,4)8(5,6)7/h4-7,11H,1-3H3;(H,5,6,7). The second kappa shape index (κ2) is 6.88. The first-order chi connectivity index (χ1) is 9.97. The first-order valence-corrected chi connectivity index (χ1v) is 8.65. The van der Waals surface area contributed by atoms with Crippen molar-refractivity contribution in [3.05, 3.63) is 35.6 Å². The molecule has 2 rings (SSSR count). The lowest BCUT2D eigenvalue weighted by molar-refractivity contribution is -0.506. The number of fused-ring (bicyclic) bond motifs is 1. The average molecular weight is 356 g/mol. The second-order valence-electron chi connectivity index (χ2n) is 4.45. The van der Waals surface area contributed by atoms with Gasteiger partial charge < -0.3 is 9.87 Å². The first kappa shape index (κ1) is 18.8. The van der Waals surface area contributed by atoms with Gasteiger partial charge in [0.25, 0.3) is 5.50 Å². The number of thioether (sulfide) groups is 1. The van der Waals surface area contributed by atoms with Gasteiger partial charge in [0.05, 0.1) is 0 Å². The summed E-state index contributed by atoms with van der Waals surface area (Å²) < 4.78 is 61.2. The Morgan fingerprint density at radius 2 is 1.86 bits per heavy atom. The molecule has 0 saturated heterocycles. The smallest absolute Gasteiger partial charge is 0.485 e. The average Bonchev–Trinajstić information content (AvgIpc) is 2.55. The van der Waals surface area contributed by atoms with Gasteiger partial charge in [-0.05, 0) is 19.3 Å². The number of rotatable bonds is 1. The predicted octanol–water partition coefficient (Wildman–Crippen LogP) is 1.77. The van der Waals surface area contributed by atoms with Crippen molar-refractivity contribution in [2.24, 2.45) is 0 Å². The molecule has 10 heteroatoms. The predicted molar refractivity (Wildman–Crippen MR) is 78.4 cm³/mol. The van der Waals surface area contributed by atoms with E-state index in [4.69, 9.17) is 13.0 Å². The zero-order valence-electron chi connectivity index (χ0n) is 12.0. The number of halogens is 3. The van der Waals surface area contributed by atoms with Crippen molar-refractivity contribution >= 4 is 27.6 Å². The van der Waals surface area contributed by atoms with E-state index in [0.717, 1.165) is 0 Å². The maximum Gasteiger partial charge on any atom is 0.485 e. The van der Waals surface area contributed by atoms with Crippen molar-refractivity contribution in [2.75, 3.05) is 13.3 Å². The fraction of sp³-hybridized carbons (Fsp3) is 0.417. The highest BCUT2D eigenvalue weighted by Crippen LogP contribution is 2.20. The molecule has 22 heavy (non-hydrogen) atoms. The third-order valence-corrected chi connectivity index (χ3v) is 4.26. The van der Waals surface area contributed by atoms with Crippen LogP contribution in [0.5, 0.6) is 0 Å². The van der Waals surface area contributed by atoms with Gasteiger partial charge in [0, 0.05) is 6.08 Å². The van der Waals surface area contributed by atoms with E-state index in [1.54, 1.807) is 0 Å². The molecular weight excluding hydrogens is 341 g/mol. The van der Waals surface area contributed by atoms with Gasteiger partial charge in [0.15, 0.2) is 10.1 Å². The van der Waals surface area contributed by atoms with Gasteiger partial charge in [-0.15, -0.1) is 0 Å². The number of nitrogens with one attached hydrogen (secondary N) is 1. The van der Waals surface area contributed by atoms with E-state index >= 15 is 0 Å². The molecule has 124 valence electrons. The molecule has 1 aliphatic carbocycles. The van der Waals surface area contributed by atoms with Crippen LogP contribution in [0, 0.1) is 0 Å². The Labute approximate surface area is 131 Å². The normalized spacial score (nSPS) is 21.1. The zero-order valence-corrected chi connectivity index (χ0v) is 13.6. The Hall–Kier alpha value is -1.26. The van der Waals surface area contributed by atoms with E-state index in [2.05, 4.69) is 54.4 Å². The van der Waals surface area contributed by atoms with Gasteiger partial charge in [-0.2, -0.15) is 17.7 Å². The van der Waals surface area contributed by atoms with Crippen LogP contribution in [0.4, 0.5) is 13.2 Å². The van der Waals surface area contributed by atoms with Crippen LogP contribution in [0.2, 0.25) is 0 Å². The molecule has 0 fully saturated rings. The molecule has 1 N–H and O–H groups in total. The largest absolute Gasteiger partial charge is 0.741 e. The molecule has 0 aromatic heterocycles. The number of allylic oxidation sites excluding steroid dienone is 5. The van der Waals surface area contributed by atoms with Crippen molar-refractivity contribution < 1.29 is 30.7 Å². The fourth-order valence-electron chi connectivity index (χ4n) is 1.66. The summed E-state index contributed by atoms with van der Waals surface area (Å²) in [6.07, 6.45) is 10.7. The van der Waals surface area contributed by atoms with Crippen LogP contribution in [0.15, 0.2) is 35.6 Å². The summed E-state index contributed by atoms with van der Waals surface area (Å²) in [7, 11) is -3.97. The van der Waals surface area contributed by atoms with Gasteiger partial charge >= 0.3 is 5.51 Å². The Kier molecular flexibility index (Phi) is 5.88. The second-order valence-corrected chi connectivity index (χ2v) is 6.74. The number of hydrogen-bond acceptors (Lipinski definition) is 5. The lowest BCUT2D eigenvalue weighted by Gasteiger charge is -2.08. The Balaban J connectivity index is 0.000000261. The third-order valence-electron chi connectivity index (χ3n) is 2.81. The van der Waals surface area contributed by atoms with Crippen LogP contribution < -0.4 is 5.32 Å². The summed E-state index contributed by atoms with van der Waals surface area (Å²) in [5, 5.41) is 3.47. The zero-order chi connectivity index (χ0) is 17.1. The van der Waals surface area contributed by atoms with Crippen LogP contribution in [-0.4, -0.2) is 47.6 Å². The molecule has 0 saturated carbocycles.